The number of fused-ring (bicyclic) bond motifs is 3. The van der Waals surface area contributed by atoms with Crippen molar-refractivity contribution in [1.29, 1.82) is 0 Å². The molecule has 1 aliphatic carbocycles. The minimum Gasteiger partial charge on any atom is -0.480 e. The molecule has 4 atom stereocenters. The van der Waals surface area contributed by atoms with E-state index in [9.17, 15) is 48.3 Å². The first-order valence-corrected chi connectivity index (χ1v) is 44.9. The van der Waals surface area contributed by atoms with Gasteiger partial charge in [0.05, 0.1) is 198 Å². The molecule has 0 spiro atoms. The quantitative estimate of drug-likeness (QED) is 0.0300. The van der Waals surface area contributed by atoms with E-state index in [1.165, 1.54) is 22.3 Å². The van der Waals surface area contributed by atoms with Crippen LogP contribution in [0.1, 0.15) is 172 Å². The van der Waals surface area contributed by atoms with E-state index in [-0.39, 0.29) is 118 Å². The highest BCUT2D eigenvalue weighted by molar-refractivity contribution is 5.89. The molecule has 2 aromatic rings. The monoisotopic (exact) mass is 1770 g/mol. The summed E-state index contributed by atoms with van der Waals surface area (Å²) < 4.78 is 93.5. The molecule has 1 aliphatic rings. The topological polar surface area (TPSA) is 483 Å². The van der Waals surface area contributed by atoms with Crippen LogP contribution < -0.4 is 44.2 Å². The fourth-order valence-corrected chi connectivity index (χ4v) is 12.5. The van der Waals surface area contributed by atoms with E-state index in [1.54, 1.807) is 6.92 Å². The summed E-state index contributed by atoms with van der Waals surface area (Å²) in [6.07, 6.45) is 11.0. The van der Waals surface area contributed by atoms with Crippen LogP contribution in [-0.4, -0.2) is 327 Å². The number of esters is 1. The molecular formula is C89H154N8O27. The van der Waals surface area contributed by atoms with Gasteiger partial charge in [0, 0.05) is 102 Å². The van der Waals surface area contributed by atoms with E-state index in [1.807, 2.05) is 31.2 Å². The Morgan fingerprint density at radius 3 is 1.04 bits per heavy atom. The molecule has 3 rings (SSSR count). The number of benzene rings is 2. The summed E-state index contributed by atoms with van der Waals surface area (Å²) in [7, 11) is 0. The van der Waals surface area contributed by atoms with Crippen molar-refractivity contribution in [3.8, 4) is 11.1 Å². The number of carbonyl (C=O) groups excluding carboxylic acids is 8. The minimum absolute atomic E-state index is 0.0102. The Bertz CT molecular complexity index is 2980. The third kappa shape index (κ3) is 62.6. The molecule has 712 valence electrons. The molecule has 0 fully saturated rings. The number of carboxylic acids is 1. The molecule has 124 heavy (non-hydrogen) atoms. The molecule has 0 aliphatic heterocycles. The third-order valence-electron chi connectivity index (χ3n) is 19.3. The molecule has 4 unspecified atom stereocenters. The number of hydrogen-bond donors (Lipinski definition) is 9. The van der Waals surface area contributed by atoms with Crippen molar-refractivity contribution >= 4 is 52.9 Å². The highest BCUT2D eigenvalue weighted by Gasteiger charge is 2.30. The summed E-state index contributed by atoms with van der Waals surface area (Å²) >= 11 is 0. The predicted molar refractivity (Wildman–Crippen MR) is 466 cm³/mol. The second kappa shape index (κ2) is 82.2. The lowest BCUT2D eigenvalue weighted by Gasteiger charge is -2.17. The lowest BCUT2D eigenvalue weighted by molar-refractivity contribution is -0.144. The normalized spacial score (nSPS) is 12.7. The molecule has 0 saturated carbocycles. The fourth-order valence-electron chi connectivity index (χ4n) is 12.5. The number of unbranched alkanes of at least 4 members (excludes halogenated alkanes) is 4. The SMILES string of the molecule is CCC(=O)NC(CCCCN)C(=O)CCCOCCOCCOCCOCCC(=O)CC(CCCCN)C(=O)NCCOCCOCCOCCOCCC(=O)NC(CCCCN)C(=O)O.CCOCCOCCOCCOCCNC(=O)C(CCCCN)CC(=O)CCOCCOCCOCCOCCCC(=O)OCC1c2ccccc2-c2ccccc21. The van der Waals surface area contributed by atoms with E-state index in [2.05, 4.69) is 45.5 Å². The van der Waals surface area contributed by atoms with E-state index >= 15 is 0 Å². The Morgan fingerprint density at radius 2 is 0.669 bits per heavy atom. The van der Waals surface area contributed by atoms with Gasteiger partial charge in [-0.05, 0) is 132 Å². The van der Waals surface area contributed by atoms with Gasteiger partial charge < -0.3 is 130 Å². The summed E-state index contributed by atoms with van der Waals surface area (Å²) in [4.78, 5) is 111. The average molecular weight is 1770 g/mol. The summed E-state index contributed by atoms with van der Waals surface area (Å²) in [5.74, 6) is -3.03. The van der Waals surface area contributed by atoms with Gasteiger partial charge in [-0.25, -0.2) is 4.79 Å². The maximum Gasteiger partial charge on any atom is 0.326 e. The zero-order chi connectivity index (χ0) is 90.0. The van der Waals surface area contributed by atoms with Crippen molar-refractivity contribution in [1.82, 2.24) is 21.3 Å². The first kappa shape index (κ1) is 114. The standard InChI is InChI=1S/C45H86N6O15.C44H68N2O12/c1-2-42(54)50-39(11-4-7-17-47)41(53)13-9-20-59-24-28-63-32-33-64-29-25-60-21-14-38(52)36-37(10-3-6-16-46)44(56)49-19-23-62-27-31-66-35-34-65-30-26-61-22-15-43(55)51-40(45(57)58)12-5-8-18-48;1-2-50-22-23-54-30-31-57-29-26-53-21-18-46-44(49)36(10-7-8-17-45)34-37(47)16-20-52-25-28-56-33-32-55-27-24-51-19-9-15-43(48)58-35-42-40-13-5-3-11-38(40)39-12-4-6-14-41(39)42/h37,39-40H,2-36,46-48H2,1H3,(H,49,56)(H,50,54)(H,51,55)(H,57,58);3-6,11-14,36,42H,2,7-10,15-35,45H2,1H3,(H,46,49). The number of nitrogens with two attached hydrogens (primary N) is 4. The molecule has 2 aromatic carbocycles. The predicted octanol–water partition coefficient (Wildman–Crippen LogP) is 5.28. The zero-order valence-electron chi connectivity index (χ0n) is 74.5. The highest BCUT2D eigenvalue weighted by atomic mass is 16.6. The lowest BCUT2D eigenvalue weighted by atomic mass is 9.94. The maximum absolute atomic E-state index is 12.9. The van der Waals surface area contributed by atoms with Crippen LogP contribution in [0.3, 0.4) is 0 Å². The molecule has 0 saturated heterocycles. The molecule has 35 heteroatoms. The van der Waals surface area contributed by atoms with Gasteiger partial charge in [0.2, 0.25) is 23.6 Å². The summed E-state index contributed by atoms with van der Waals surface area (Å²) in [5.41, 5.74) is 27.1. The number of nitrogens with one attached hydrogen (secondary N) is 4. The molecule has 0 aromatic heterocycles. The number of ketones is 3. The van der Waals surface area contributed by atoms with E-state index in [0.29, 0.717) is 295 Å². The molecule has 4 amide bonds. The number of carbonyl (C=O) groups is 9. The van der Waals surface area contributed by atoms with Gasteiger partial charge in [0.25, 0.3) is 0 Å². The van der Waals surface area contributed by atoms with Crippen LogP contribution in [-0.2, 0) is 124 Å². The van der Waals surface area contributed by atoms with Crippen LogP contribution in [0.25, 0.3) is 11.1 Å². The summed E-state index contributed by atoms with van der Waals surface area (Å²) in [6.45, 7) is 19.2. The first-order valence-electron chi connectivity index (χ1n) is 44.9. The lowest BCUT2D eigenvalue weighted by Crippen LogP contribution is -2.41. The Kier molecular flexibility index (Phi) is 75.2. The first-order chi connectivity index (χ1) is 60.6. The van der Waals surface area contributed by atoms with Crippen LogP contribution in [0.15, 0.2) is 48.5 Å². The smallest absolute Gasteiger partial charge is 0.326 e. The van der Waals surface area contributed by atoms with Crippen LogP contribution in [0.2, 0.25) is 0 Å². The second-order valence-corrected chi connectivity index (χ2v) is 29.2. The molecule has 0 bridgehead atoms. The molecular weight excluding hydrogens is 1610 g/mol. The summed E-state index contributed by atoms with van der Waals surface area (Å²) in [5, 5.41) is 20.3. The minimum atomic E-state index is -1.07. The molecule has 35 nitrogen and oxygen atoms in total. The van der Waals surface area contributed by atoms with Gasteiger partial charge in [-0.15, -0.1) is 0 Å². The Hall–Kier alpha value is -6.53. The molecule has 0 heterocycles. The number of Topliss-reactive ketones (excluding diaryl/α,β-unsaturated/α-hetero) is 3. The average Bonchev–Trinajstić information content (AvgIpc) is 1.62. The molecule has 13 N–H and O–H groups in total. The van der Waals surface area contributed by atoms with Crippen molar-refractivity contribution in [2.24, 2.45) is 34.8 Å². The van der Waals surface area contributed by atoms with Crippen molar-refractivity contribution in [3.63, 3.8) is 0 Å². The number of amides is 4. The highest BCUT2D eigenvalue weighted by Crippen LogP contribution is 2.44. The van der Waals surface area contributed by atoms with Gasteiger partial charge in [-0.2, -0.15) is 0 Å². The van der Waals surface area contributed by atoms with Crippen molar-refractivity contribution in [2.45, 2.75) is 173 Å². The Labute approximate surface area is 735 Å². The van der Waals surface area contributed by atoms with Crippen molar-refractivity contribution < 1.29 is 129 Å². The van der Waals surface area contributed by atoms with Gasteiger partial charge in [0.15, 0.2) is 5.78 Å². The summed E-state index contributed by atoms with van der Waals surface area (Å²) in [6, 6.07) is 15.2. The van der Waals surface area contributed by atoms with Gasteiger partial charge in [0.1, 0.15) is 24.2 Å². The fraction of sp³-hybridized carbons (Fsp3) is 0.764. The van der Waals surface area contributed by atoms with E-state index in [4.69, 9.17) is 103 Å². The van der Waals surface area contributed by atoms with Gasteiger partial charge in [-0.1, -0.05) is 68.3 Å². The Morgan fingerprint density at radius 1 is 0.347 bits per heavy atom. The van der Waals surface area contributed by atoms with Crippen LogP contribution in [0.5, 0.6) is 0 Å². The number of rotatable bonds is 89. The Balaban J connectivity index is 0.000000846. The van der Waals surface area contributed by atoms with Crippen LogP contribution in [0.4, 0.5) is 0 Å². The second-order valence-electron chi connectivity index (χ2n) is 29.2. The third-order valence-corrected chi connectivity index (χ3v) is 19.3. The number of carboxylic acid groups (broad SMARTS) is 1. The number of aliphatic carboxylic acids is 1. The maximum atomic E-state index is 12.9. The van der Waals surface area contributed by atoms with E-state index in [0.717, 1.165) is 38.5 Å². The number of ether oxygens (including phenoxy) is 17. The van der Waals surface area contributed by atoms with Gasteiger partial charge in [-0.3, -0.25) is 38.4 Å². The zero-order valence-corrected chi connectivity index (χ0v) is 74.5. The molecule has 0 radical (unpaired) electrons. The van der Waals surface area contributed by atoms with Crippen LogP contribution in [0, 0.1) is 11.8 Å². The number of hydrogen-bond acceptors (Lipinski definition) is 30. The largest absolute Gasteiger partial charge is 0.480 e. The van der Waals surface area contributed by atoms with Crippen LogP contribution >= 0.6 is 0 Å². The van der Waals surface area contributed by atoms with Gasteiger partial charge >= 0.3 is 11.9 Å². The van der Waals surface area contributed by atoms with Crippen molar-refractivity contribution in [2.75, 3.05) is 257 Å². The van der Waals surface area contributed by atoms with Crippen molar-refractivity contribution in [3.05, 3.63) is 59.7 Å². The van der Waals surface area contributed by atoms with E-state index < -0.39 is 29.9 Å².